The van der Waals surface area contributed by atoms with Crippen LogP contribution in [0.5, 0.6) is 5.75 Å². The molecule has 1 aromatic heterocycles. The third-order valence-electron chi connectivity index (χ3n) is 4.62. The van der Waals surface area contributed by atoms with E-state index in [4.69, 9.17) is 9.15 Å². The summed E-state index contributed by atoms with van der Waals surface area (Å²) in [7, 11) is 0. The molecule has 28 heavy (non-hydrogen) atoms. The number of benzene rings is 3. The number of fused-ring (bicyclic) bond motifs is 1. The summed E-state index contributed by atoms with van der Waals surface area (Å²) in [5.74, 6) is -0.307. The molecule has 4 aromatic rings. The minimum atomic E-state index is -0.547. The van der Waals surface area contributed by atoms with Crippen molar-refractivity contribution in [2.24, 2.45) is 0 Å². The lowest BCUT2D eigenvalue weighted by molar-refractivity contribution is 0.0737. The molecule has 0 N–H and O–H groups in total. The number of hydrogen-bond donors (Lipinski definition) is 0. The van der Waals surface area contributed by atoms with Crippen LogP contribution in [0.25, 0.3) is 22.1 Å². The highest BCUT2D eigenvalue weighted by Crippen LogP contribution is 2.34. The standard InChI is InChI=1S/C24H18O4/c1-2-16-12-14-18(15-13-16)23(25)28-22-19-10-6-7-11-20(19)27-24(26)21(22)17-8-4-3-5-9-17/h3-15H,2H2,1H3. The summed E-state index contributed by atoms with van der Waals surface area (Å²) in [4.78, 5) is 25.5. The van der Waals surface area contributed by atoms with Crippen molar-refractivity contribution in [2.45, 2.75) is 13.3 Å². The van der Waals surface area contributed by atoms with Crippen LogP contribution in [0.15, 0.2) is 88.1 Å². The van der Waals surface area contributed by atoms with Crippen molar-refractivity contribution in [3.8, 4) is 16.9 Å². The zero-order valence-corrected chi connectivity index (χ0v) is 15.3. The molecule has 4 nitrogen and oxygen atoms in total. The molecule has 0 saturated heterocycles. The normalized spacial score (nSPS) is 10.8. The minimum Gasteiger partial charge on any atom is -0.422 e. The highest BCUT2D eigenvalue weighted by atomic mass is 16.5. The molecule has 0 saturated carbocycles. The maximum Gasteiger partial charge on any atom is 0.348 e. The number of aryl methyl sites for hydroxylation is 1. The molecule has 4 heteroatoms. The van der Waals surface area contributed by atoms with E-state index < -0.39 is 11.6 Å². The molecule has 0 atom stereocenters. The van der Waals surface area contributed by atoms with E-state index in [-0.39, 0.29) is 11.3 Å². The Kier molecular flexibility index (Phi) is 4.77. The molecule has 0 unspecified atom stereocenters. The van der Waals surface area contributed by atoms with Gasteiger partial charge >= 0.3 is 11.6 Å². The van der Waals surface area contributed by atoms with Gasteiger partial charge in [0.2, 0.25) is 0 Å². The third-order valence-corrected chi connectivity index (χ3v) is 4.62. The van der Waals surface area contributed by atoms with Gasteiger partial charge in [-0.05, 0) is 41.8 Å². The lowest BCUT2D eigenvalue weighted by Gasteiger charge is -2.12. The molecule has 0 radical (unpaired) electrons. The highest BCUT2D eigenvalue weighted by molar-refractivity contribution is 5.97. The first-order valence-corrected chi connectivity index (χ1v) is 9.09. The Morgan fingerprint density at radius 1 is 0.893 bits per heavy atom. The van der Waals surface area contributed by atoms with Gasteiger partial charge in [0.15, 0.2) is 5.75 Å². The monoisotopic (exact) mass is 370 g/mol. The van der Waals surface area contributed by atoms with Gasteiger partial charge in [0, 0.05) is 0 Å². The minimum absolute atomic E-state index is 0.211. The second-order valence-corrected chi connectivity index (χ2v) is 6.40. The zero-order valence-electron chi connectivity index (χ0n) is 15.3. The summed E-state index contributed by atoms with van der Waals surface area (Å²) in [6.07, 6.45) is 0.887. The van der Waals surface area contributed by atoms with E-state index in [1.165, 1.54) is 0 Å². The topological polar surface area (TPSA) is 56.5 Å². The van der Waals surface area contributed by atoms with Gasteiger partial charge in [-0.2, -0.15) is 0 Å². The van der Waals surface area contributed by atoms with Gasteiger partial charge in [0.25, 0.3) is 0 Å². The van der Waals surface area contributed by atoms with Crippen LogP contribution in [-0.4, -0.2) is 5.97 Å². The van der Waals surface area contributed by atoms with Gasteiger partial charge in [-0.25, -0.2) is 9.59 Å². The molecule has 4 rings (SSSR count). The van der Waals surface area contributed by atoms with Gasteiger partial charge in [-0.3, -0.25) is 0 Å². The number of hydrogen-bond acceptors (Lipinski definition) is 4. The first-order valence-electron chi connectivity index (χ1n) is 9.09. The molecule has 0 spiro atoms. The van der Waals surface area contributed by atoms with Crippen molar-refractivity contribution >= 4 is 16.9 Å². The first kappa shape index (κ1) is 17.7. The Morgan fingerprint density at radius 3 is 2.29 bits per heavy atom. The molecule has 138 valence electrons. The molecular weight excluding hydrogens is 352 g/mol. The fraction of sp³-hybridized carbons (Fsp3) is 0.0833. The van der Waals surface area contributed by atoms with Crippen molar-refractivity contribution < 1.29 is 13.9 Å². The van der Waals surface area contributed by atoms with Crippen LogP contribution in [0.1, 0.15) is 22.8 Å². The van der Waals surface area contributed by atoms with Crippen LogP contribution in [0.2, 0.25) is 0 Å². The number of carbonyl (C=O) groups is 1. The predicted molar refractivity (Wildman–Crippen MR) is 109 cm³/mol. The molecule has 0 aliphatic rings. The maximum atomic E-state index is 12.8. The van der Waals surface area contributed by atoms with Crippen LogP contribution in [0.3, 0.4) is 0 Å². The van der Waals surface area contributed by atoms with Gasteiger partial charge in [-0.1, -0.05) is 61.5 Å². The number of ether oxygens (including phenoxy) is 1. The van der Waals surface area contributed by atoms with E-state index in [0.29, 0.717) is 22.1 Å². The molecule has 0 amide bonds. The Hall–Kier alpha value is -3.66. The SMILES string of the molecule is CCc1ccc(C(=O)Oc2c(-c3ccccc3)c(=O)oc3ccccc23)cc1. The summed E-state index contributed by atoms with van der Waals surface area (Å²) in [5, 5.41) is 0.569. The second kappa shape index (κ2) is 7.53. The van der Waals surface area contributed by atoms with E-state index in [1.807, 2.05) is 36.4 Å². The van der Waals surface area contributed by atoms with Crippen molar-refractivity contribution in [3.63, 3.8) is 0 Å². The maximum absolute atomic E-state index is 12.8. The van der Waals surface area contributed by atoms with Crippen LogP contribution < -0.4 is 10.4 Å². The summed E-state index contributed by atoms with van der Waals surface area (Å²) in [6, 6.07) is 23.3. The Bertz CT molecular complexity index is 1190. The number of esters is 1. The number of carbonyl (C=O) groups excluding carboxylic acids is 1. The molecule has 0 fully saturated rings. The largest absolute Gasteiger partial charge is 0.422 e. The van der Waals surface area contributed by atoms with E-state index >= 15 is 0 Å². The van der Waals surface area contributed by atoms with Crippen LogP contribution in [0.4, 0.5) is 0 Å². The third kappa shape index (κ3) is 3.32. The lowest BCUT2D eigenvalue weighted by Crippen LogP contribution is -2.13. The van der Waals surface area contributed by atoms with Gasteiger partial charge in [0.1, 0.15) is 11.1 Å². The van der Waals surface area contributed by atoms with Crippen LogP contribution in [0, 0.1) is 0 Å². The van der Waals surface area contributed by atoms with Crippen molar-refractivity contribution in [1.29, 1.82) is 0 Å². The first-order chi connectivity index (χ1) is 13.7. The highest BCUT2D eigenvalue weighted by Gasteiger charge is 2.21. The number of rotatable bonds is 4. The van der Waals surface area contributed by atoms with Crippen molar-refractivity contribution in [3.05, 3.63) is 100 Å². The van der Waals surface area contributed by atoms with E-state index in [1.54, 1.807) is 42.5 Å². The smallest absolute Gasteiger partial charge is 0.348 e. The zero-order chi connectivity index (χ0) is 19.5. The summed E-state index contributed by atoms with van der Waals surface area (Å²) in [5.41, 5.74) is 2.25. The number of para-hydroxylation sites is 1. The second-order valence-electron chi connectivity index (χ2n) is 6.40. The van der Waals surface area contributed by atoms with Gasteiger partial charge in [0.05, 0.1) is 10.9 Å². The molecule has 1 heterocycles. The molecule has 0 aliphatic heterocycles. The Balaban J connectivity index is 1.86. The summed E-state index contributed by atoms with van der Waals surface area (Å²) in [6.45, 7) is 2.05. The molecule has 3 aromatic carbocycles. The predicted octanol–water partition coefficient (Wildman–Crippen LogP) is 5.24. The van der Waals surface area contributed by atoms with Crippen LogP contribution >= 0.6 is 0 Å². The summed E-state index contributed by atoms with van der Waals surface area (Å²) >= 11 is 0. The van der Waals surface area contributed by atoms with E-state index in [9.17, 15) is 9.59 Å². The van der Waals surface area contributed by atoms with Crippen molar-refractivity contribution in [2.75, 3.05) is 0 Å². The van der Waals surface area contributed by atoms with Gasteiger partial charge < -0.3 is 9.15 Å². The average Bonchev–Trinajstić information content (AvgIpc) is 2.74. The lowest BCUT2D eigenvalue weighted by atomic mass is 10.0. The van der Waals surface area contributed by atoms with Crippen molar-refractivity contribution in [1.82, 2.24) is 0 Å². The molecule has 0 aliphatic carbocycles. The summed E-state index contributed by atoms with van der Waals surface area (Å²) < 4.78 is 11.2. The fourth-order valence-electron chi connectivity index (χ4n) is 3.11. The molecule has 0 bridgehead atoms. The average molecular weight is 370 g/mol. The van der Waals surface area contributed by atoms with E-state index in [0.717, 1.165) is 12.0 Å². The molecular formula is C24H18O4. The van der Waals surface area contributed by atoms with E-state index in [2.05, 4.69) is 6.92 Å². The quantitative estimate of drug-likeness (QED) is 0.364. The fourth-order valence-corrected chi connectivity index (χ4v) is 3.11. The Labute approximate surface area is 162 Å². The van der Waals surface area contributed by atoms with Gasteiger partial charge in [-0.15, -0.1) is 0 Å². The van der Waals surface area contributed by atoms with Crippen LogP contribution in [-0.2, 0) is 6.42 Å². The Morgan fingerprint density at radius 2 is 1.57 bits per heavy atom.